The van der Waals surface area contributed by atoms with E-state index in [0.717, 1.165) is 9.80 Å². The molecular weight excluding hydrogens is 925 g/mol. The first-order valence-electron chi connectivity index (χ1n) is 23.7. The van der Waals surface area contributed by atoms with E-state index in [1.807, 2.05) is 0 Å². The van der Waals surface area contributed by atoms with Gasteiger partial charge in [-0.25, -0.2) is 4.79 Å². The van der Waals surface area contributed by atoms with Gasteiger partial charge in [-0.1, -0.05) is 69.7 Å². The lowest BCUT2D eigenvalue weighted by Crippen LogP contribution is -2.65. The van der Waals surface area contributed by atoms with Gasteiger partial charge in [-0.05, 0) is 68.2 Å². The number of benzene rings is 2. The van der Waals surface area contributed by atoms with Crippen molar-refractivity contribution in [3.8, 4) is 5.75 Å². The summed E-state index contributed by atoms with van der Waals surface area (Å²) in [4.78, 5) is 132. The third-order valence-electron chi connectivity index (χ3n) is 12.5. The molecule has 71 heavy (non-hydrogen) atoms. The average molecular weight is 993 g/mol. The summed E-state index contributed by atoms with van der Waals surface area (Å²) < 4.78 is 5.87. The van der Waals surface area contributed by atoms with Gasteiger partial charge < -0.3 is 67.9 Å². The number of hydrogen-bond donors (Lipinski definition) is 10. The van der Waals surface area contributed by atoms with Crippen LogP contribution >= 0.6 is 0 Å². The van der Waals surface area contributed by atoms with Crippen molar-refractivity contribution < 1.29 is 63.2 Å². The minimum Gasteiger partial charge on any atom is -0.508 e. The number of aliphatic carboxylic acids is 1. The Balaban J connectivity index is 1.91. The lowest BCUT2D eigenvalue weighted by Gasteiger charge is -2.43. The highest BCUT2D eigenvalue weighted by Gasteiger charge is 2.46. The number of aliphatic imine (C=N–C) groups is 1. The minimum absolute atomic E-state index is 0.0138. The van der Waals surface area contributed by atoms with Gasteiger partial charge in [0.1, 0.15) is 60.4 Å². The number of carboxylic acids is 1. The van der Waals surface area contributed by atoms with E-state index in [1.54, 1.807) is 51.1 Å². The van der Waals surface area contributed by atoms with Gasteiger partial charge in [-0.3, -0.25) is 43.3 Å². The molecule has 2 heterocycles. The van der Waals surface area contributed by atoms with E-state index in [-0.39, 0.29) is 69.6 Å². The zero-order valence-corrected chi connectivity index (χ0v) is 40.7. The smallest absolute Gasteiger partial charge is 0.329 e. The summed E-state index contributed by atoms with van der Waals surface area (Å²) in [5.74, 6) is -9.87. The molecule has 10 atom stereocenters. The Hall–Kier alpha value is -7.30. The second-order valence-electron chi connectivity index (χ2n) is 17.9. The summed E-state index contributed by atoms with van der Waals surface area (Å²) >= 11 is 0. The van der Waals surface area contributed by atoms with Crippen molar-refractivity contribution in [1.82, 2.24) is 36.4 Å². The first-order valence-corrected chi connectivity index (χ1v) is 23.7. The van der Waals surface area contributed by atoms with E-state index in [0.29, 0.717) is 17.5 Å². The highest BCUT2D eigenvalue weighted by Crippen LogP contribution is 2.26. The first-order chi connectivity index (χ1) is 33.6. The number of cyclic esters (lactones) is 1. The van der Waals surface area contributed by atoms with Gasteiger partial charge in [0, 0.05) is 32.9 Å². The second-order valence-corrected chi connectivity index (χ2v) is 17.9. The molecule has 0 aliphatic carbocycles. The summed E-state index contributed by atoms with van der Waals surface area (Å²) in [7, 11) is 1.34. The van der Waals surface area contributed by atoms with Crippen molar-refractivity contribution in [3.05, 3.63) is 65.7 Å². The fourth-order valence-corrected chi connectivity index (χ4v) is 8.27. The third-order valence-corrected chi connectivity index (χ3v) is 12.5. The topological polar surface area (TPSA) is 355 Å². The number of aliphatic hydroxyl groups excluding tert-OH is 1. The number of fused-ring (bicyclic) bond motifs is 2. The molecule has 0 radical (unpaired) electrons. The number of phenols is 1. The van der Waals surface area contributed by atoms with Crippen molar-refractivity contribution >= 4 is 59.2 Å². The normalized spacial score (nSPS) is 24.6. The number of likely N-dealkylation sites (N-methyl/N-ethyl adjacent to an activating group) is 1. The largest absolute Gasteiger partial charge is 0.508 e. The van der Waals surface area contributed by atoms with Gasteiger partial charge >= 0.3 is 11.9 Å². The quantitative estimate of drug-likeness (QED) is 0.0396. The minimum atomic E-state index is -1.89. The number of piperidine rings is 1. The van der Waals surface area contributed by atoms with E-state index < -0.39 is 120 Å². The Kier molecular flexibility index (Phi) is 21.1. The van der Waals surface area contributed by atoms with Crippen LogP contribution in [0.15, 0.2) is 59.6 Å². The SMILES string of the molecule is CCCC(=O)NC(CC(=O)O)C(=O)NC1C(=O)N[C@@H](CCCN=C(N)N)C(=O)N[C@H]2CC[C@@H](O)N(C2=O)[C@@H](Cc2ccccc2)C(=O)N(C)[C@@H](Cc2ccc(O)cc2)C(=O)N[C@@H](C(C)CC)C(=O)OC1C. The van der Waals surface area contributed by atoms with Crippen LogP contribution in [-0.4, -0.2) is 153 Å². The number of carboxylic acid groups (broad SMARTS) is 1. The molecule has 0 aromatic heterocycles. The van der Waals surface area contributed by atoms with Crippen LogP contribution in [0.3, 0.4) is 0 Å². The number of carbonyl (C=O) groups is 9. The number of ether oxygens (including phenoxy) is 1. The number of aromatic hydroxyl groups is 1. The average Bonchev–Trinajstić information content (AvgIpc) is 3.32. The van der Waals surface area contributed by atoms with Crippen molar-refractivity contribution in [2.24, 2.45) is 22.4 Å². The van der Waals surface area contributed by atoms with Crippen LogP contribution in [0.2, 0.25) is 0 Å². The molecule has 7 amide bonds. The molecule has 2 aliphatic rings. The van der Waals surface area contributed by atoms with Crippen LogP contribution in [0.5, 0.6) is 5.75 Å². The van der Waals surface area contributed by atoms with Gasteiger partial charge in [0.25, 0.3) is 0 Å². The van der Waals surface area contributed by atoms with Crippen molar-refractivity contribution in [3.63, 3.8) is 0 Å². The molecule has 2 bridgehead atoms. The highest BCUT2D eigenvalue weighted by atomic mass is 16.5. The molecular formula is C48H68N10O13. The number of nitrogens with two attached hydrogens (primary N) is 2. The Bertz CT molecular complexity index is 2240. The highest BCUT2D eigenvalue weighted by molar-refractivity contribution is 5.99. The van der Waals surface area contributed by atoms with E-state index >= 15 is 4.79 Å². The number of carbonyl (C=O) groups excluding carboxylic acids is 8. The maximum Gasteiger partial charge on any atom is 0.329 e. The number of rotatable bonds is 17. The molecule has 2 fully saturated rings. The van der Waals surface area contributed by atoms with Gasteiger partial charge in [-0.15, -0.1) is 0 Å². The lowest BCUT2D eigenvalue weighted by atomic mass is 9.95. The first kappa shape index (κ1) is 56.3. The zero-order chi connectivity index (χ0) is 52.5. The summed E-state index contributed by atoms with van der Waals surface area (Å²) in [6, 6.07) is 3.65. The molecule has 23 nitrogen and oxygen atoms in total. The molecule has 2 aromatic rings. The Morgan fingerprint density at radius 2 is 1.52 bits per heavy atom. The molecule has 2 aliphatic heterocycles. The monoisotopic (exact) mass is 992 g/mol. The molecule has 4 unspecified atom stereocenters. The summed E-state index contributed by atoms with van der Waals surface area (Å²) in [6.45, 7) is 6.29. The Morgan fingerprint density at radius 3 is 2.14 bits per heavy atom. The molecule has 2 aromatic carbocycles. The number of guanidine groups is 1. The van der Waals surface area contributed by atoms with Crippen LogP contribution in [0.1, 0.15) is 90.2 Å². The number of esters is 1. The molecule has 4 rings (SSSR count). The molecule has 0 saturated carbocycles. The number of aliphatic hydroxyl groups is 1. The number of nitrogens with zero attached hydrogens (tertiary/aromatic N) is 3. The maximum atomic E-state index is 15.1. The molecule has 0 spiro atoms. The number of amides is 7. The van der Waals surface area contributed by atoms with E-state index in [1.165, 1.54) is 38.2 Å². The fourth-order valence-electron chi connectivity index (χ4n) is 8.27. The van der Waals surface area contributed by atoms with Gasteiger partial charge in [0.15, 0.2) is 5.96 Å². The van der Waals surface area contributed by atoms with E-state index in [2.05, 4.69) is 31.6 Å². The second kappa shape index (κ2) is 26.6. The van der Waals surface area contributed by atoms with Crippen LogP contribution in [0.4, 0.5) is 0 Å². The Morgan fingerprint density at radius 1 is 0.873 bits per heavy atom. The molecule has 12 N–H and O–H groups in total. The number of phenolic OH excluding ortho intramolecular Hbond substituents is 1. The lowest BCUT2D eigenvalue weighted by molar-refractivity contribution is -0.165. The Labute approximate surface area is 411 Å². The predicted molar refractivity (Wildman–Crippen MR) is 256 cm³/mol. The van der Waals surface area contributed by atoms with Crippen molar-refractivity contribution in [2.75, 3.05) is 13.6 Å². The zero-order valence-electron chi connectivity index (χ0n) is 40.7. The number of hydrogen-bond acceptors (Lipinski definition) is 13. The van der Waals surface area contributed by atoms with Gasteiger partial charge in [-0.2, -0.15) is 0 Å². The number of nitrogens with one attached hydrogen (secondary N) is 5. The molecule has 23 heteroatoms. The standard InChI is InChI=1S/C48H68N10O13/c1-6-12-36(60)52-33(25-38(62)63)42(65)56-40-27(4)71-47(70)39(26(3)7-2)55-43(66)34(23-29-16-18-30(59)19-17-29)57(5)46(69)35(24-28-13-9-8-10-14-28)58-37(61)21-20-32(45(58)68)54-41(64)31(53-44(40)67)15-11-22-51-48(49)50/h8-10,13-14,16-19,26-27,31-35,37,39-40,59,61H,6-7,11-12,15,20-25H2,1-5H3,(H,52,60)(H,53,67)(H,54,64)(H,55,66)(H,56,65)(H,62,63)(H4,49,50,51)/t26?,27?,31-,32-,33?,34-,35-,37+,39-,40?/m0/s1. The maximum absolute atomic E-state index is 15.1. The molecule has 388 valence electrons. The summed E-state index contributed by atoms with van der Waals surface area (Å²) in [5, 5.41) is 44.0. The predicted octanol–water partition coefficient (Wildman–Crippen LogP) is -0.942. The van der Waals surface area contributed by atoms with Crippen molar-refractivity contribution in [1.29, 1.82) is 0 Å². The molecule has 2 saturated heterocycles. The van der Waals surface area contributed by atoms with Crippen LogP contribution in [-0.2, 0) is 60.7 Å². The van der Waals surface area contributed by atoms with Crippen LogP contribution in [0.25, 0.3) is 0 Å². The van der Waals surface area contributed by atoms with Gasteiger partial charge in [0.05, 0.1) is 6.42 Å². The van der Waals surface area contributed by atoms with Crippen molar-refractivity contribution in [2.45, 2.75) is 147 Å². The fraction of sp³-hybridized carbons (Fsp3) is 0.542. The van der Waals surface area contributed by atoms with E-state index in [4.69, 9.17) is 16.2 Å². The van der Waals surface area contributed by atoms with Crippen LogP contribution < -0.4 is 38.1 Å². The van der Waals surface area contributed by atoms with Crippen LogP contribution in [0, 0.1) is 5.92 Å². The summed E-state index contributed by atoms with van der Waals surface area (Å²) in [5.41, 5.74) is 12.1. The summed E-state index contributed by atoms with van der Waals surface area (Å²) in [6.07, 6.45) is -4.13. The van der Waals surface area contributed by atoms with E-state index in [9.17, 15) is 53.7 Å². The third kappa shape index (κ3) is 16.1. The van der Waals surface area contributed by atoms with Gasteiger partial charge in [0.2, 0.25) is 41.4 Å².